The molecule has 3 heterocycles. The van der Waals surface area contributed by atoms with E-state index in [1.165, 1.54) is 12.8 Å². The molecule has 0 saturated carbocycles. The third-order valence-electron chi connectivity index (χ3n) is 6.73. The number of benzene rings is 1. The van der Waals surface area contributed by atoms with Gasteiger partial charge in [0.15, 0.2) is 6.10 Å². The summed E-state index contributed by atoms with van der Waals surface area (Å²) in [5.74, 6) is 1.01. The van der Waals surface area contributed by atoms with E-state index in [1.54, 1.807) is 4.90 Å². The van der Waals surface area contributed by atoms with Gasteiger partial charge >= 0.3 is 0 Å². The predicted octanol–water partition coefficient (Wildman–Crippen LogP) is 3.43. The molecule has 6 nitrogen and oxygen atoms in total. The van der Waals surface area contributed by atoms with Crippen molar-refractivity contribution in [1.29, 1.82) is 0 Å². The van der Waals surface area contributed by atoms with Crippen molar-refractivity contribution >= 4 is 29.9 Å². The number of nitrogens with one attached hydrogen (secondary N) is 2. The number of fused-ring (bicyclic) bond motifs is 3. The highest BCUT2D eigenvalue weighted by Crippen LogP contribution is 2.36. The third-order valence-corrected chi connectivity index (χ3v) is 6.73. The lowest BCUT2D eigenvalue weighted by atomic mass is 9.89. The molecule has 2 N–H and O–H groups in total. The number of ether oxygens (including phenoxy) is 1. The van der Waals surface area contributed by atoms with Crippen LogP contribution in [-0.2, 0) is 9.59 Å². The lowest BCUT2D eigenvalue weighted by Gasteiger charge is -2.36. The quantitative estimate of drug-likeness (QED) is 0.718. The average molecular weight is 436 g/mol. The van der Waals surface area contributed by atoms with Crippen LogP contribution in [0, 0.1) is 5.92 Å². The van der Waals surface area contributed by atoms with Gasteiger partial charge in [0, 0.05) is 24.5 Å². The van der Waals surface area contributed by atoms with Gasteiger partial charge in [-0.15, -0.1) is 12.4 Å². The van der Waals surface area contributed by atoms with Crippen LogP contribution in [0.15, 0.2) is 24.3 Å². The molecule has 166 valence electrons. The molecule has 30 heavy (non-hydrogen) atoms. The molecule has 0 spiro atoms. The summed E-state index contributed by atoms with van der Waals surface area (Å²) in [6.07, 6.45) is 6.25. The summed E-state index contributed by atoms with van der Waals surface area (Å²) in [5.41, 5.74) is 0.779. The molecule has 7 heteroatoms. The van der Waals surface area contributed by atoms with Gasteiger partial charge < -0.3 is 20.3 Å². The smallest absolute Gasteiger partial charge is 0.263 e. The lowest BCUT2D eigenvalue weighted by molar-refractivity contribution is -0.129. The van der Waals surface area contributed by atoms with Crippen LogP contribution in [0.4, 0.5) is 5.69 Å². The summed E-state index contributed by atoms with van der Waals surface area (Å²) in [5, 5.41) is 6.71. The van der Waals surface area contributed by atoms with Crippen LogP contribution >= 0.6 is 12.4 Å². The summed E-state index contributed by atoms with van der Waals surface area (Å²) >= 11 is 0. The van der Waals surface area contributed by atoms with Crippen LogP contribution in [0.5, 0.6) is 5.75 Å². The number of anilines is 1. The van der Waals surface area contributed by atoms with E-state index >= 15 is 0 Å². The minimum Gasteiger partial charge on any atom is -0.477 e. The predicted molar refractivity (Wildman–Crippen MR) is 120 cm³/mol. The van der Waals surface area contributed by atoms with Crippen molar-refractivity contribution in [3.8, 4) is 5.75 Å². The van der Waals surface area contributed by atoms with Crippen LogP contribution in [-0.4, -0.2) is 42.6 Å². The second-order valence-electron chi connectivity index (χ2n) is 8.78. The largest absolute Gasteiger partial charge is 0.477 e. The highest BCUT2D eigenvalue weighted by molar-refractivity contribution is 5.97. The SMILES string of the molecule is CCC(CC)NC(=O)C1CN(C(=O)CC2CC3CCC(C2)N3)c2ccccc2O1.Cl. The van der Waals surface area contributed by atoms with Gasteiger partial charge in [0.1, 0.15) is 5.75 Å². The van der Waals surface area contributed by atoms with Gasteiger partial charge in [0.2, 0.25) is 5.91 Å². The fourth-order valence-corrected chi connectivity index (χ4v) is 5.09. The Morgan fingerprint density at radius 3 is 2.50 bits per heavy atom. The number of rotatable bonds is 6. The molecule has 3 unspecified atom stereocenters. The number of amides is 2. The van der Waals surface area contributed by atoms with Crippen LogP contribution in [0.2, 0.25) is 0 Å². The van der Waals surface area contributed by atoms with Gasteiger partial charge in [-0.25, -0.2) is 0 Å². The summed E-state index contributed by atoms with van der Waals surface area (Å²) < 4.78 is 5.98. The van der Waals surface area contributed by atoms with Crippen molar-refractivity contribution in [3.63, 3.8) is 0 Å². The number of hydrogen-bond acceptors (Lipinski definition) is 4. The first kappa shape index (κ1) is 22.9. The second-order valence-corrected chi connectivity index (χ2v) is 8.78. The van der Waals surface area contributed by atoms with Crippen molar-refractivity contribution in [2.24, 2.45) is 5.92 Å². The maximum absolute atomic E-state index is 13.3. The van der Waals surface area contributed by atoms with E-state index in [9.17, 15) is 9.59 Å². The van der Waals surface area contributed by atoms with Gasteiger partial charge in [-0.2, -0.15) is 0 Å². The first-order valence-electron chi connectivity index (χ1n) is 11.2. The molecule has 3 atom stereocenters. The summed E-state index contributed by atoms with van der Waals surface area (Å²) in [6, 6.07) is 8.83. The summed E-state index contributed by atoms with van der Waals surface area (Å²) in [6.45, 7) is 4.40. The monoisotopic (exact) mass is 435 g/mol. The molecular formula is C23H34ClN3O3. The topological polar surface area (TPSA) is 70.7 Å². The molecule has 0 aliphatic carbocycles. The molecule has 2 amide bonds. The van der Waals surface area contributed by atoms with Crippen LogP contribution in [0.25, 0.3) is 0 Å². The molecule has 2 saturated heterocycles. The maximum Gasteiger partial charge on any atom is 0.263 e. The molecule has 2 fully saturated rings. The van der Waals surface area contributed by atoms with E-state index in [0.29, 0.717) is 30.2 Å². The summed E-state index contributed by atoms with van der Waals surface area (Å²) in [4.78, 5) is 27.9. The van der Waals surface area contributed by atoms with E-state index in [-0.39, 0.29) is 36.8 Å². The Morgan fingerprint density at radius 1 is 1.17 bits per heavy atom. The minimum atomic E-state index is -0.668. The molecule has 1 aromatic rings. The standard InChI is InChI=1S/C23H33N3O3.ClH/c1-3-16(4-2)25-23(28)21-14-26(19-7-5-6-8-20(19)29-21)22(27)13-15-11-17-9-10-18(12-15)24-17;/h5-8,15-18,21,24H,3-4,9-14H2,1-2H3,(H,25,28);1H. The van der Waals surface area contributed by atoms with E-state index in [1.807, 2.05) is 24.3 Å². The van der Waals surface area contributed by atoms with Crippen LogP contribution in [0.3, 0.4) is 0 Å². The van der Waals surface area contributed by atoms with E-state index in [4.69, 9.17) is 4.74 Å². The van der Waals surface area contributed by atoms with E-state index in [2.05, 4.69) is 24.5 Å². The molecule has 4 rings (SSSR count). The zero-order valence-electron chi connectivity index (χ0n) is 17.9. The molecule has 3 aliphatic heterocycles. The van der Waals surface area contributed by atoms with Gasteiger partial charge in [0.05, 0.1) is 12.2 Å². The number of nitrogens with zero attached hydrogens (tertiary/aromatic N) is 1. The Balaban J connectivity index is 0.00000256. The first-order valence-corrected chi connectivity index (χ1v) is 11.2. The number of para-hydroxylation sites is 2. The lowest BCUT2D eigenvalue weighted by Crippen LogP contribution is -2.52. The van der Waals surface area contributed by atoms with Gasteiger partial charge in [-0.05, 0) is 56.6 Å². The Kier molecular flexibility index (Phi) is 7.64. The Bertz CT molecular complexity index is 743. The molecule has 3 aliphatic rings. The summed E-state index contributed by atoms with van der Waals surface area (Å²) in [7, 11) is 0. The Hall–Kier alpha value is -1.79. The highest BCUT2D eigenvalue weighted by Gasteiger charge is 2.38. The van der Waals surface area contributed by atoms with E-state index < -0.39 is 6.10 Å². The zero-order valence-corrected chi connectivity index (χ0v) is 18.7. The van der Waals surface area contributed by atoms with Crippen molar-refractivity contribution in [2.75, 3.05) is 11.4 Å². The molecule has 0 radical (unpaired) electrons. The highest BCUT2D eigenvalue weighted by atomic mass is 35.5. The van der Waals surface area contributed by atoms with Crippen molar-refractivity contribution in [3.05, 3.63) is 24.3 Å². The number of carbonyl (C=O) groups is 2. The van der Waals surface area contributed by atoms with Crippen molar-refractivity contribution in [1.82, 2.24) is 10.6 Å². The fourth-order valence-electron chi connectivity index (χ4n) is 5.09. The Labute approximate surface area is 185 Å². The number of carbonyl (C=O) groups excluding carboxylic acids is 2. The molecular weight excluding hydrogens is 402 g/mol. The Morgan fingerprint density at radius 2 is 1.83 bits per heavy atom. The molecule has 1 aromatic carbocycles. The number of halogens is 1. The minimum absolute atomic E-state index is 0. The number of hydrogen-bond donors (Lipinski definition) is 2. The van der Waals surface area contributed by atoms with Crippen LogP contribution in [0.1, 0.15) is 58.8 Å². The van der Waals surface area contributed by atoms with Crippen LogP contribution < -0.4 is 20.3 Å². The van der Waals surface area contributed by atoms with E-state index in [0.717, 1.165) is 31.4 Å². The first-order chi connectivity index (χ1) is 14.1. The normalized spacial score (nSPS) is 27.1. The third kappa shape index (κ3) is 4.92. The molecule has 0 aromatic heterocycles. The average Bonchev–Trinajstić information content (AvgIpc) is 3.08. The second kappa shape index (κ2) is 10.0. The van der Waals surface area contributed by atoms with Gasteiger partial charge in [-0.3, -0.25) is 9.59 Å². The fraction of sp³-hybridized carbons (Fsp3) is 0.652. The maximum atomic E-state index is 13.3. The zero-order chi connectivity index (χ0) is 20.4. The number of piperidine rings is 1. The van der Waals surface area contributed by atoms with Crippen molar-refractivity contribution in [2.45, 2.75) is 83.0 Å². The van der Waals surface area contributed by atoms with Gasteiger partial charge in [0.25, 0.3) is 5.91 Å². The van der Waals surface area contributed by atoms with Gasteiger partial charge in [-0.1, -0.05) is 26.0 Å². The molecule has 2 bridgehead atoms. The van der Waals surface area contributed by atoms with Crippen molar-refractivity contribution < 1.29 is 14.3 Å².